The fourth-order valence-corrected chi connectivity index (χ4v) is 3.81. The Hall–Kier alpha value is -3.82. The molecule has 3 aromatic carbocycles. The second-order valence-electron chi connectivity index (χ2n) is 7.95. The molecule has 0 fully saturated rings. The molecule has 0 radical (unpaired) electrons. The van der Waals surface area contributed by atoms with Gasteiger partial charge in [0.15, 0.2) is 6.10 Å². The zero-order valence-electron chi connectivity index (χ0n) is 19.6. The van der Waals surface area contributed by atoms with E-state index in [1.54, 1.807) is 42.5 Å². The minimum atomic E-state index is -1.01. The van der Waals surface area contributed by atoms with E-state index in [1.165, 1.54) is 17.6 Å². The second kappa shape index (κ2) is 13.3. The van der Waals surface area contributed by atoms with Gasteiger partial charge in [0, 0.05) is 21.8 Å². The number of carbonyl (C=O) groups is 2. The van der Waals surface area contributed by atoms with Crippen LogP contribution in [0.15, 0.2) is 89.4 Å². The molecule has 9 heteroatoms. The van der Waals surface area contributed by atoms with Crippen LogP contribution in [0.3, 0.4) is 0 Å². The zero-order chi connectivity index (χ0) is 25.9. The normalized spacial score (nSPS) is 12.5. The number of ether oxygens (including phenoxy) is 2. The average molecular weight is 555 g/mol. The molecule has 0 saturated heterocycles. The van der Waals surface area contributed by atoms with E-state index in [0.29, 0.717) is 34.3 Å². The van der Waals surface area contributed by atoms with Crippen LogP contribution in [0.4, 0.5) is 10.5 Å². The van der Waals surface area contributed by atoms with Gasteiger partial charge in [0.25, 0.3) is 5.91 Å². The van der Waals surface area contributed by atoms with Crippen molar-refractivity contribution in [2.75, 3.05) is 5.32 Å². The fourth-order valence-electron chi connectivity index (χ4n) is 3.43. The van der Waals surface area contributed by atoms with Crippen molar-refractivity contribution >= 4 is 33.6 Å². The van der Waals surface area contributed by atoms with Crippen molar-refractivity contribution in [3.05, 3.63) is 101 Å². The maximum Gasteiger partial charge on any atom is 0.412 e. The van der Waals surface area contributed by atoms with E-state index in [-0.39, 0.29) is 5.75 Å². The van der Waals surface area contributed by atoms with Crippen molar-refractivity contribution < 1.29 is 29.4 Å². The number of anilines is 1. The number of phenols is 1. The maximum atomic E-state index is 12.9. The summed E-state index contributed by atoms with van der Waals surface area (Å²) < 4.78 is 12.7. The molecule has 8 nitrogen and oxygen atoms in total. The predicted molar refractivity (Wildman–Crippen MR) is 139 cm³/mol. The van der Waals surface area contributed by atoms with E-state index < -0.39 is 24.2 Å². The van der Waals surface area contributed by atoms with Crippen LogP contribution < -0.4 is 15.5 Å². The Morgan fingerprint density at radius 3 is 2.47 bits per heavy atom. The summed E-state index contributed by atoms with van der Waals surface area (Å²) in [7, 11) is 0. The number of allylic oxidation sites excluding steroid dienone is 1. The van der Waals surface area contributed by atoms with Gasteiger partial charge in [0.1, 0.15) is 17.6 Å². The molecular formula is C27H27BrN2O6. The van der Waals surface area contributed by atoms with E-state index in [1.807, 2.05) is 37.3 Å². The highest BCUT2D eigenvalue weighted by Gasteiger charge is 2.31. The Balaban J connectivity index is 1.91. The van der Waals surface area contributed by atoms with Gasteiger partial charge in [0.05, 0.1) is 0 Å². The van der Waals surface area contributed by atoms with Crippen LogP contribution in [-0.2, 0) is 9.53 Å². The number of amides is 2. The summed E-state index contributed by atoms with van der Waals surface area (Å²) in [6.07, 6.45) is 0.969. The average Bonchev–Trinajstić information content (AvgIpc) is 2.88. The first kappa shape index (κ1) is 26.8. The van der Waals surface area contributed by atoms with Crippen molar-refractivity contribution in [3.8, 4) is 11.5 Å². The Labute approximate surface area is 217 Å². The van der Waals surface area contributed by atoms with Crippen LogP contribution in [0, 0.1) is 6.92 Å². The summed E-state index contributed by atoms with van der Waals surface area (Å²) in [5.74, 6) is -0.185. The molecule has 3 aromatic rings. The molecule has 2 atom stereocenters. The molecule has 188 valence electrons. The number of hydroxylamine groups is 1. The van der Waals surface area contributed by atoms with Gasteiger partial charge in [-0.1, -0.05) is 57.9 Å². The SMILES string of the molecule is Cc1ccc(NC(=O)O[C@H](c2cc(Br)ccc2O)[C@@H](CC/C=C/C(=O)NO)Oc2ccccc2)cc1. The third kappa shape index (κ3) is 8.14. The molecule has 0 saturated carbocycles. The van der Waals surface area contributed by atoms with Crippen LogP contribution in [0.1, 0.15) is 30.1 Å². The molecule has 0 spiro atoms. The van der Waals surface area contributed by atoms with Gasteiger partial charge in [0.2, 0.25) is 0 Å². The first-order valence-electron chi connectivity index (χ1n) is 11.2. The fraction of sp³-hybridized carbons (Fsp3) is 0.185. The lowest BCUT2D eigenvalue weighted by atomic mass is 9.99. The number of benzene rings is 3. The van der Waals surface area contributed by atoms with Gasteiger partial charge >= 0.3 is 6.09 Å². The lowest BCUT2D eigenvalue weighted by Gasteiger charge is -2.28. The molecule has 0 unspecified atom stereocenters. The first-order chi connectivity index (χ1) is 17.4. The summed E-state index contributed by atoms with van der Waals surface area (Å²) in [5.41, 5.74) is 3.49. The number of nitrogens with one attached hydrogen (secondary N) is 2. The topological polar surface area (TPSA) is 117 Å². The smallest absolute Gasteiger partial charge is 0.412 e. The largest absolute Gasteiger partial charge is 0.508 e. The van der Waals surface area contributed by atoms with E-state index >= 15 is 0 Å². The second-order valence-corrected chi connectivity index (χ2v) is 8.86. The van der Waals surface area contributed by atoms with Gasteiger partial charge in [-0.05, 0) is 62.2 Å². The lowest BCUT2D eigenvalue weighted by Crippen LogP contribution is -2.31. The van der Waals surface area contributed by atoms with Crippen molar-refractivity contribution in [1.29, 1.82) is 0 Å². The third-order valence-electron chi connectivity index (χ3n) is 5.19. The van der Waals surface area contributed by atoms with Crippen LogP contribution in [0.25, 0.3) is 0 Å². The number of rotatable bonds is 10. The van der Waals surface area contributed by atoms with Crippen molar-refractivity contribution in [2.45, 2.75) is 32.0 Å². The minimum absolute atomic E-state index is 0.0665. The molecule has 0 aliphatic rings. The highest BCUT2D eigenvalue weighted by atomic mass is 79.9. The number of phenolic OH excluding ortho intramolecular Hbond substituents is 1. The lowest BCUT2D eigenvalue weighted by molar-refractivity contribution is -0.124. The van der Waals surface area contributed by atoms with Crippen molar-refractivity contribution in [2.24, 2.45) is 0 Å². The Bertz CT molecular complexity index is 1180. The molecule has 0 bridgehead atoms. The van der Waals surface area contributed by atoms with Gasteiger partial charge in [-0.2, -0.15) is 0 Å². The number of hydrogen-bond acceptors (Lipinski definition) is 6. The molecule has 0 aliphatic carbocycles. The Morgan fingerprint density at radius 2 is 1.78 bits per heavy atom. The summed E-state index contributed by atoms with van der Waals surface area (Å²) in [6, 6.07) is 21.1. The summed E-state index contributed by atoms with van der Waals surface area (Å²) >= 11 is 3.41. The quantitative estimate of drug-likeness (QED) is 0.138. The Morgan fingerprint density at radius 1 is 1.06 bits per heavy atom. The number of hydrogen-bond donors (Lipinski definition) is 4. The van der Waals surface area contributed by atoms with Crippen molar-refractivity contribution in [1.82, 2.24) is 5.48 Å². The summed E-state index contributed by atoms with van der Waals surface area (Å²) in [6.45, 7) is 1.94. The standard InChI is InChI=1S/C27H27BrN2O6/c1-18-11-14-20(15-12-18)29-27(33)36-26(22-17-19(28)13-16-23(22)31)24(9-5-6-10-25(32)30-34)35-21-7-3-2-4-8-21/h2-4,6-8,10-17,24,26,31,34H,5,9H2,1H3,(H,29,33)(H,30,32)/b10-6+/t24-,26-/m1/s1. The number of aromatic hydroxyl groups is 1. The van der Waals surface area contributed by atoms with Crippen molar-refractivity contribution in [3.63, 3.8) is 0 Å². The molecular weight excluding hydrogens is 528 g/mol. The predicted octanol–water partition coefficient (Wildman–Crippen LogP) is 6.04. The van der Waals surface area contributed by atoms with Crippen LogP contribution in [0.5, 0.6) is 11.5 Å². The third-order valence-corrected chi connectivity index (χ3v) is 5.69. The number of carbonyl (C=O) groups excluding carboxylic acids is 2. The van der Waals surface area contributed by atoms with Crippen LogP contribution >= 0.6 is 15.9 Å². The zero-order valence-corrected chi connectivity index (χ0v) is 21.1. The molecule has 0 heterocycles. The van der Waals surface area contributed by atoms with Crippen LogP contribution in [-0.4, -0.2) is 28.4 Å². The highest BCUT2D eigenvalue weighted by Crippen LogP contribution is 2.35. The van der Waals surface area contributed by atoms with Gasteiger partial charge in [-0.25, -0.2) is 10.3 Å². The molecule has 0 aliphatic heterocycles. The van der Waals surface area contributed by atoms with E-state index in [4.69, 9.17) is 14.7 Å². The van der Waals surface area contributed by atoms with Crippen LogP contribution in [0.2, 0.25) is 0 Å². The van der Waals surface area contributed by atoms with E-state index in [2.05, 4.69) is 21.2 Å². The molecule has 3 rings (SSSR count). The minimum Gasteiger partial charge on any atom is -0.508 e. The van der Waals surface area contributed by atoms with Gasteiger partial charge in [-0.3, -0.25) is 15.3 Å². The van der Waals surface area contributed by atoms with Gasteiger partial charge in [-0.15, -0.1) is 0 Å². The summed E-state index contributed by atoms with van der Waals surface area (Å²) in [5, 5.41) is 22.0. The maximum absolute atomic E-state index is 12.9. The van der Waals surface area contributed by atoms with E-state index in [0.717, 1.165) is 5.56 Å². The monoisotopic (exact) mass is 554 g/mol. The summed E-state index contributed by atoms with van der Waals surface area (Å²) in [4.78, 5) is 24.2. The first-order valence-corrected chi connectivity index (χ1v) is 12.0. The number of aryl methyl sites for hydroxylation is 1. The Kier molecular flexibility index (Phi) is 9.91. The van der Waals surface area contributed by atoms with E-state index in [9.17, 15) is 14.7 Å². The molecule has 0 aromatic heterocycles. The molecule has 4 N–H and O–H groups in total. The van der Waals surface area contributed by atoms with Gasteiger partial charge < -0.3 is 14.6 Å². The number of halogens is 1. The molecule has 2 amide bonds. The highest BCUT2D eigenvalue weighted by molar-refractivity contribution is 9.10. The molecule has 36 heavy (non-hydrogen) atoms. The number of para-hydroxylation sites is 1.